The van der Waals surface area contributed by atoms with Crippen LogP contribution < -0.4 is 33.9 Å². The molecule has 0 aliphatic rings. The molecule has 0 aromatic carbocycles. The molecule has 0 saturated heterocycles. The molecule has 0 radical (unpaired) electrons. The number of ether oxygens (including phenoxy) is 1. The largest absolute Gasteiger partial charge is 1.00 e. The molecule has 0 aliphatic heterocycles. The first-order chi connectivity index (χ1) is 12.0. The number of aryl methyl sites for hydroxylation is 4. The molecule has 0 spiro atoms. The van der Waals surface area contributed by atoms with Gasteiger partial charge in [0.15, 0.2) is 11.4 Å². The van der Waals surface area contributed by atoms with Crippen molar-refractivity contribution >= 4 is 22.7 Å². The van der Waals surface area contributed by atoms with Gasteiger partial charge in [0.25, 0.3) is 0 Å². The van der Waals surface area contributed by atoms with Crippen LogP contribution in [0.3, 0.4) is 0 Å². The Morgan fingerprint density at radius 1 is 1.00 bits per heavy atom. The molecular formula is C17H25Cl2N5OS2. The van der Waals surface area contributed by atoms with Gasteiger partial charge in [0.05, 0.1) is 29.2 Å². The summed E-state index contributed by atoms with van der Waals surface area (Å²) >= 11 is 3.58. The average Bonchev–Trinajstić information content (AvgIpc) is 3.27. The van der Waals surface area contributed by atoms with Gasteiger partial charge in [-0.15, -0.1) is 5.10 Å². The highest BCUT2D eigenvalue weighted by molar-refractivity contribution is 7.09. The van der Waals surface area contributed by atoms with E-state index in [1.165, 1.54) is 21.1 Å². The van der Waals surface area contributed by atoms with Gasteiger partial charge in [0, 0.05) is 33.2 Å². The summed E-state index contributed by atoms with van der Waals surface area (Å²) in [7, 11) is 4.16. The van der Waals surface area contributed by atoms with Gasteiger partial charge in [-0.05, 0) is 0 Å². The summed E-state index contributed by atoms with van der Waals surface area (Å²) in [5.74, 6) is 0. The van der Waals surface area contributed by atoms with Gasteiger partial charge in [-0.1, -0.05) is 27.9 Å². The van der Waals surface area contributed by atoms with Crippen LogP contribution in [0.1, 0.15) is 26.8 Å². The number of nitrogens with zero attached hydrogens (tertiary/aromatic N) is 5. The lowest BCUT2D eigenvalue weighted by atomic mass is 10.3. The zero-order valence-corrected chi connectivity index (χ0v) is 19.1. The van der Waals surface area contributed by atoms with Crippen molar-refractivity contribution in [3.05, 3.63) is 44.1 Å². The van der Waals surface area contributed by atoms with E-state index in [1.54, 1.807) is 22.7 Å². The summed E-state index contributed by atoms with van der Waals surface area (Å²) in [6.07, 6.45) is 3.91. The van der Waals surface area contributed by atoms with Gasteiger partial charge in [0.1, 0.15) is 19.8 Å². The highest BCUT2D eigenvalue weighted by Gasteiger charge is 2.12. The SMILES string of the molecule is Cc1c(CCOCc2cn(CCc3sc[n+](C)c3C)nn2)sc[n+]1C.[Cl-].[Cl-]. The fourth-order valence-corrected chi connectivity index (χ4v) is 4.49. The maximum absolute atomic E-state index is 5.77. The van der Waals surface area contributed by atoms with Crippen LogP contribution in [0, 0.1) is 13.8 Å². The predicted molar refractivity (Wildman–Crippen MR) is 97.6 cm³/mol. The summed E-state index contributed by atoms with van der Waals surface area (Å²) in [6.45, 7) is 6.37. The fourth-order valence-electron chi connectivity index (χ4n) is 2.56. The van der Waals surface area contributed by atoms with Gasteiger partial charge < -0.3 is 29.6 Å². The number of hydrogen-bond acceptors (Lipinski definition) is 5. The number of hydrogen-bond donors (Lipinski definition) is 0. The lowest BCUT2D eigenvalue weighted by Crippen LogP contribution is -3.00. The molecular weight excluding hydrogens is 425 g/mol. The minimum absolute atomic E-state index is 0. The number of aromatic nitrogens is 5. The van der Waals surface area contributed by atoms with Gasteiger partial charge in [-0.3, -0.25) is 4.68 Å². The maximum Gasteiger partial charge on any atom is 0.224 e. The maximum atomic E-state index is 5.77. The van der Waals surface area contributed by atoms with Crippen molar-refractivity contribution in [1.82, 2.24) is 15.0 Å². The molecule has 0 aliphatic carbocycles. The van der Waals surface area contributed by atoms with Crippen LogP contribution in [0.25, 0.3) is 0 Å². The standard InChI is InChI=1S/C17H25N5OS2.2ClH/c1-13-16(24-11-20(13)3)5-7-22-9-15(18-19-22)10-23-8-6-17-14(2)21(4)12-25-17;;/h9,11-12H,5-8,10H2,1-4H3;2*1H/q+2;;/p-2. The molecule has 3 rings (SSSR count). The first-order valence-corrected chi connectivity index (χ1v) is 10.1. The second kappa shape index (κ2) is 11.1. The van der Waals surface area contributed by atoms with Crippen LogP contribution >= 0.6 is 22.7 Å². The molecule has 10 heteroatoms. The number of rotatable bonds is 8. The lowest BCUT2D eigenvalue weighted by molar-refractivity contribution is -0.673. The van der Waals surface area contributed by atoms with Crippen LogP contribution in [0.2, 0.25) is 0 Å². The summed E-state index contributed by atoms with van der Waals surface area (Å²) < 4.78 is 12.0. The van der Waals surface area contributed by atoms with E-state index in [0.717, 1.165) is 25.1 Å². The van der Waals surface area contributed by atoms with E-state index in [-0.39, 0.29) is 24.8 Å². The van der Waals surface area contributed by atoms with Gasteiger partial charge in [-0.2, -0.15) is 9.13 Å². The van der Waals surface area contributed by atoms with E-state index >= 15 is 0 Å². The Kier molecular flexibility index (Phi) is 9.83. The summed E-state index contributed by atoms with van der Waals surface area (Å²) in [6, 6.07) is 0. The van der Waals surface area contributed by atoms with Crippen LogP contribution in [-0.2, 0) is 44.8 Å². The highest BCUT2D eigenvalue weighted by Crippen LogP contribution is 2.13. The molecule has 0 bridgehead atoms. The van der Waals surface area contributed by atoms with Gasteiger partial charge in [0.2, 0.25) is 11.0 Å². The van der Waals surface area contributed by atoms with Crippen molar-refractivity contribution in [2.45, 2.75) is 39.8 Å². The molecule has 0 N–H and O–H groups in total. The van der Waals surface area contributed by atoms with Crippen molar-refractivity contribution in [3.63, 3.8) is 0 Å². The molecule has 150 valence electrons. The molecule has 0 amide bonds. The molecule has 0 atom stereocenters. The lowest BCUT2D eigenvalue weighted by Gasteiger charge is -2.00. The summed E-state index contributed by atoms with van der Waals surface area (Å²) in [5.41, 5.74) is 7.80. The Labute approximate surface area is 180 Å². The molecule has 0 fully saturated rings. The fraction of sp³-hybridized carbons (Fsp3) is 0.529. The third-order valence-corrected chi connectivity index (χ3v) is 6.86. The topological polar surface area (TPSA) is 47.7 Å². The van der Waals surface area contributed by atoms with E-state index in [4.69, 9.17) is 4.74 Å². The van der Waals surface area contributed by atoms with Crippen molar-refractivity contribution in [3.8, 4) is 0 Å². The predicted octanol–water partition coefficient (Wildman–Crippen LogP) is -4.32. The van der Waals surface area contributed by atoms with Crippen molar-refractivity contribution in [2.75, 3.05) is 6.61 Å². The third kappa shape index (κ3) is 6.22. The number of halogens is 2. The second-order valence-electron chi connectivity index (χ2n) is 6.21. The molecule has 3 aromatic rings. The molecule has 3 aromatic heterocycles. The molecule has 3 heterocycles. The number of thiazole rings is 2. The van der Waals surface area contributed by atoms with Crippen LogP contribution in [0.4, 0.5) is 0 Å². The zero-order valence-electron chi connectivity index (χ0n) is 16.0. The van der Waals surface area contributed by atoms with E-state index in [9.17, 15) is 0 Å². The Bertz CT molecular complexity index is 846. The van der Waals surface area contributed by atoms with E-state index in [2.05, 4.69) is 58.4 Å². The minimum atomic E-state index is 0. The Morgan fingerprint density at radius 2 is 1.59 bits per heavy atom. The Balaban J connectivity index is 0.00000182. The second-order valence-corrected chi connectivity index (χ2v) is 8.09. The first kappa shape index (κ1) is 24.0. The molecule has 0 unspecified atom stereocenters. The average molecular weight is 450 g/mol. The van der Waals surface area contributed by atoms with Gasteiger partial charge in [-0.25, -0.2) is 0 Å². The van der Waals surface area contributed by atoms with Crippen LogP contribution in [0.5, 0.6) is 0 Å². The van der Waals surface area contributed by atoms with E-state index in [0.29, 0.717) is 13.2 Å². The summed E-state index contributed by atoms with van der Waals surface area (Å²) in [5, 5.41) is 8.41. The molecule has 6 nitrogen and oxygen atoms in total. The van der Waals surface area contributed by atoms with E-state index in [1.807, 2.05) is 10.9 Å². The van der Waals surface area contributed by atoms with E-state index < -0.39 is 0 Å². The van der Waals surface area contributed by atoms with Gasteiger partial charge >= 0.3 is 0 Å². The van der Waals surface area contributed by atoms with Crippen LogP contribution in [0.15, 0.2) is 17.2 Å². The van der Waals surface area contributed by atoms with Crippen LogP contribution in [-0.4, -0.2) is 21.6 Å². The molecule has 0 saturated carbocycles. The highest BCUT2D eigenvalue weighted by atomic mass is 35.5. The van der Waals surface area contributed by atoms with Crippen molar-refractivity contribution < 1.29 is 38.7 Å². The summed E-state index contributed by atoms with van der Waals surface area (Å²) in [4.78, 5) is 2.78. The Hall–Kier alpha value is -1.06. The Morgan fingerprint density at radius 3 is 2.15 bits per heavy atom. The van der Waals surface area contributed by atoms with Crippen molar-refractivity contribution in [2.24, 2.45) is 14.1 Å². The minimum Gasteiger partial charge on any atom is -1.00 e. The monoisotopic (exact) mass is 449 g/mol. The third-order valence-electron chi connectivity index (χ3n) is 4.45. The first-order valence-electron chi connectivity index (χ1n) is 8.36. The van der Waals surface area contributed by atoms with Crippen molar-refractivity contribution in [1.29, 1.82) is 0 Å². The quantitative estimate of drug-likeness (QED) is 0.258. The normalized spacial score (nSPS) is 10.5. The molecule has 27 heavy (non-hydrogen) atoms. The smallest absolute Gasteiger partial charge is 0.224 e. The zero-order chi connectivity index (χ0) is 17.8.